The fourth-order valence-electron chi connectivity index (χ4n) is 2.87. The second-order valence-electron chi connectivity index (χ2n) is 5.89. The molecule has 3 N–H and O–H groups in total. The van der Waals surface area contributed by atoms with Crippen molar-refractivity contribution in [2.45, 2.75) is 31.7 Å². The SMILES string of the molecule is Nc1nc(CCCNC2CCN(C(=O)c3cnccn3)CC2)cs1. The molecule has 128 valence electrons. The number of hydrogen-bond acceptors (Lipinski definition) is 7. The van der Waals surface area contributed by atoms with Gasteiger partial charge in [-0.2, -0.15) is 0 Å². The van der Waals surface area contributed by atoms with Crippen LogP contribution in [-0.4, -0.2) is 51.4 Å². The van der Waals surface area contributed by atoms with E-state index < -0.39 is 0 Å². The van der Waals surface area contributed by atoms with Crippen LogP contribution in [0.5, 0.6) is 0 Å². The number of aromatic nitrogens is 3. The maximum Gasteiger partial charge on any atom is 0.274 e. The summed E-state index contributed by atoms with van der Waals surface area (Å²) in [5, 5.41) is 6.23. The molecule has 1 aliphatic heterocycles. The minimum Gasteiger partial charge on any atom is -0.375 e. The molecule has 7 nitrogen and oxygen atoms in total. The topological polar surface area (TPSA) is 97.0 Å². The van der Waals surface area contributed by atoms with Crippen molar-refractivity contribution < 1.29 is 4.79 Å². The Hall–Kier alpha value is -2.06. The number of aryl methyl sites for hydroxylation is 1. The van der Waals surface area contributed by atoms with Gasteiger partial charge in [0.05, 0.1) is 11.9 Å². The molecule has 0 aromatic carbocycles. The Balaban J connectivity index is 1.35. The van der Waals surface area contributed by atoms with Gasteiger partial charge in [0.15, 0.2) is 5.13 Å². The molecular formula is C16H22N6OS. The van der Waals surface area contributed by atoms with E-state index in [0.717, 1.165) is 51.0 Å². The third-order valence-electron chi connectivity index (χ3n) is 4.18. The Morgan fingerprint density at radius 3 is 2.88 bits per heavy atom. The summed E-state index contributed by atoms with van der Waals surface area (Å²) in [5.74, 6) is -0.0253. The van der Waals surface area contributed by atoms with Crippen LogP contribution in [0.25, 0.3) is 0 Å². The molecule has 3 rings (SSSR count). The normalized spacial score (nSPS) is 15.6. The molecule has 0 radical (unpaired) electrons. The summed E-state index contributed by atoms with van der Waals surface area (Å²) in [4.78, 5) is 26.5. The van der Waals surface area contributed by atoms with Crippen molar-refractivity contribution in [3.8, 4) is 0 Å². The maximum atomic E-state index is 12.3. The first kappa shape index (κ1) is 16.8. The number of anilines is 1. The van der Waals surface area contributed by atoms with E-state index in [-0.39, 0.29) is 5.91 Å². The summed E-state index contributed by atoms with van der Waals surface area (Å²) in [7, 11) is 0. The molecule has 8 heteroatoms. The van der Waals surface area contributed by atoms with Gasteiger partial charge in [-0.05, 0) is 32.2 Å². The van der Waals surface area contributed by atoms with E-state index in [2.05, 4.69) is 20.3 Å². The van der Waals surface area contributed by atoms with Crippen LogP contribution in [0.3, 0.4) is 0 Å². The molecule has 1 fully saturated rings. The third kappa shape index (κ3) is 4.48. The lowest BCUT2D eigenvalue weighted by Crippen LogP contribution is -2.45. The fraction of sp³-hybridized carbons (Fsp3) is 0.500. The number of nitrogen functional groups attached to an aromatic ring is 1. The Morgan fingerprint density at radius 2 is 2.21 bits per heavy atom. The number of nitrogens with two attached hydrogens (primary N) is 1. The number of carbonyl (C=O) groups excluding carboxylic acids is 1. The number of carbonyl (C=O) groups is 1. The Labute approximate surface area is 145 Å². The molecule has 2 aromatic rings. The molecule has 0 atom stereocenters. The summed E-state index contributed by atoms with van der Waals surface area (Å²) in [6.07, 6.45) is 8.58. The van der Waals surface area contributed by atoms with Gasteiger partial charge in [0.25, 0.3) is 5.91 Å². The first-order chi connectivity index (χ1) is 11.7. The van der Waals surface area contributed by atoms with Crippen LogP contribution in [-0.2, 0) is 6.42 Å². The third-order valence-corrected chi connectivity index (χ3v) is 4.90. The van der Waals surface area contributed by atoms with Crippen molar-refractivity contribution in [3.05, 3.63) is 35.4 Å². The summed E-state index contributed by atoms with van der Waals surface area (Å²) in [5.41, 5.74) is 7.13. The van der Waals surface area contributed by atoms with E-state index in [0.29, 0.717) is 16.9 Å². The van der Waals surface area contributed by atoms with Gasteiger partial charge in [0.1, 0.15) is 5.69 Å². The van der Waals surface area contributed by atoms with Crippen molar-refractivity contribution >= 4 is 22.4 Å². The van der Waals surface area contributed by atoms with Gasteiger partial charge >= 0.3 is 0 Å². The first-order valence-electron chi connectivity index (χ1n) is 8.21. The molecule has 1 saturated heterocycles. The van der Waals surface area contributed by atoms with Crippen molar-refractivity contribution in [2.24, 2.45) is 0 Å². The molecule has 0 bridgehead atoms. The van der Waals surface area contributed by atoms with Gasteiger partial charge in [-0.25, -0.2) is 9.97 Å². The summed E-state index contributed by atoms with van der Waals surface area (Å²) in [6.45, 7) is 2.48. The molecule has 0 saturated carbocycles. The number of rotatable bonds is 6. The first-order valence-corrected chi connectivity index (χ1v) is 9.09. The number of hydrogen-bond donors (Lipinski definition) is 2. The van der Waals surface area contributed by atoms with E-state index in [1.54, 1.807) is 12.4 Å². The highest BCUT2D eigenvalue weighted by atomic mass is 32.1. The zero-order chi connectivity index (χ0) is 16.8. The smallest absolute Gasteiger partial charge is 0.274 e. The second-order valence-corrected chi connectivity index (χ2v) is 6.78. The van der Waals surface area contributed by atoms with Crippen LogP contribution in [0.15, 0.2) is 24.0 Å². The van der Waals surface area contributed by atoms with Crippen molar-refractivity contribution in [1.82, 2.24) is 25.2 Å². The lowest BCUT2D eigenvalue weighted by molar-refractivity contribution is 0.0699. The monoisotopic (exact) mass is 346 g/mol. The van der Waals surface area contributed by atoms with Crippen molar-refractivity contribution in [1.29, 1.82) is 0 Å². The largest absolute Gasteiger partial charge is 0.375 e. The van der Waals surface area contributed by atoms with Gasteiger partial charge in [0.2, 0.25) is 0 Å². The minimum atomic E-state index is -0.0253. The number of piperidine rings is 1. The summed E-state index contributed by atoms with van der Waals surface area (Å²) in [6, 6.07) is 0.469. The average Bonchev–Trinajstić information content (AvgIpc) is 3.05. The number of likely N-dealkylation sites (tertiary alicyclic amines) is 1. The standard InChI is InChI=1S/C16H22N6OS/c17-16-21-13(11-24-16)2-1-5-19-12-3-8-22(9-4-12)15(23)14-10-18-6-7-20-14/h6-7,10-12,19H,1-5,8-9H2,(H2,17,21). The summed E-state index contributed by atoms with van der Waals surface area (Å²) >= 11 is 1.49. The zero-order valence-corrected chi connectivity index (χ0v) is 14.3. The number of amides is 1. The molecule has 24 heavy (non-hydrogen) atoms. The lowest BCUT2D eigenvalue weighted by Gasteiger charge is -2.32. The van der Waals surface area contributed by atoms with Crippen LogP contribution in [0.2, 0.25) is 0 Å². The Bertz CT molecular complexity index is 654. The van der Waals surface area contributed by atoms with Crippen molar-refractivity contribution in [3.63, 3.8) is 0 Å². The quantitative estimate of drug-likeness (QED) is 0.766. The predicted octanol–water partition coefficient (Wildman–Crippen LogP) is 1.34. The zero-order valence-electron chi connectivity index (χ0n) is 13.5. The van der Waals surface area contributed by atoms with Crippen LogP contribution in [0, 0.1) is 0 Å². The highest BCUT2D eigenvalue weighted by Crippen LogP contribution is 2.14. The van der Waals surface area contributed by atoms with Gasteiger partial charge < -0.3 is 16.0 Å². The average molecular weight is 346 g/mol. The summed E-state index contributed by atoms with van der Waals surface area (Å²) < 4.78 is 0. The highest BCUT2D eigenvalue weighted by molar-refractivity contribution is 7.13. The van der Waals surface area contributed by atoms with Gasteiger partial charge in [-0.3, -0.25) is 9.78 Å². The molecule has 0 unspecified atom stereocenters. The van der Waals surface area contributed by atoms with Crippen LogP contribution in [0.4, 0.5) is 5.13 Å². The molecule has 0 spiro atoms. The molecule has 2 aromatic heterocycles. The maximum absolute atomic E-state index is 12.3. The molecule has 0 aliphatic carbocycles. The fourth-order valence-corrected chi connectivity index (χ4v) is 3.47. The Morgan fingerprint density at radius 1 is 1.38 bits per heavy atom. The minimum absolute atomic E-state index is 0.0253. The van der Waals surface area contributed by atoms with E-state index in [9.17, 15) is 4.79 Å². The number of nitrogens with zero attached hydrogens (tertiary/aromatic N) is 4. The van der Waals surface area contributed by atoms with E-state index in [1.807, 2.05) is 10.3 Å². The second kappa shape index (κ2) is 8.16. The number of nitrogens with one attached hydrogen (secondary N) is 1. The molecule has 1 amide bonds. The molecule has 3 heterocycles. The number of thiazole rings is 1. The van der Waals surface area contributed by atoms with Crippen LogP contribution >= 0.6 is 11.3 Å². The van der Waals surface area contributed by atoms with Crippen LogP contribution < -0.4 is 11.1 Å². The molecule has 1 aliphatic rings. The van der Waals surface area contributed by atoms with Gasteiger partial charge in [0, 0.05) is 36.9 Å². The Kier molecular flexibility index (Phi) is 5.71. The van der Waals surface area contributed by atoms with E-state index in [4.69, 9.17) is 5.73 Å². The molecular weight excluding hydrogens is 324 g/mol. The van der Waals surface area contributed by atoms with E-state index >= 15 is 0 Å². The van der Waals surface area contributed by atoms with E-state index in [1.165, 1.54) is 17.5 Å². The van der Waals surface area contributed by atoms with Crippen molar-refractivity contribution in [2.75, 3.05) is 25.4 Å². The lowest BCUT2D eigenvalue weighted by atomic mass is 10.0. The van der Waals surface area contributed by atoms with Gasteiger partial charge in [-0.1, -0.05) is 0 Å². The van der Waals surface area contributed by atoms with Gasteiger partial charge in [-0.15, -0.1) is 11.3 Å². The predicted molar refractivity (Wildman–Crippen MR) is 93.8 cm³/mol. The highest BCUT2D eigenvalue weighted by Gasteiger charge is 2.23. The van der Waals surface area contributed by atoms with Crippen LogP contribution in [0.1, 0.15) is 35.4 Å².